The molecule has 0 atom stereocenters. The van der Waals surface area contributed by atoms with Crippen LogP contribution >= 0.6 is 0 Å². The Kier molecular flexibility index (Phi) is 5.09. The first-order valence-corrected chi connectivity index (χ1v) is 9.39. The summed E-state index contributed by atoms with van der Waals surface area (Å²) in [5.74, 6) is 0.712. The molecule has 2 aromatic carbocycles. The maximum atomic E-state index is 13.0. The number of carbonyl (C=O) groups is 2. The monoisotopic (exact) mass is 365 g/mol. The van der Waals surface area contributed by atoms with Crippen molar-refractivity contribution in [2.24, 2.45) is 0 Å². The average molecular weight is 365 g/mol. The number of benzene rings is 2. The molecule has 0 saturated heterocycles. The summed E-state index contributed by atoms with van der Waals surface area (Å²) in [6.45, 7) is 8.44. The summed E-state index contributed by atoms with van der Waals surface area (Å²) in [5, 5.41) is 0. The lowest BCUT2D eigenvalue weighted by Crippen LogP contribution is -2.52. The molecule has 27 heavy (non-hydrogen) atoms. The molecule has 0 aromatic heterocycles. The minimum Gasteiger partial charge on any atom is -0.497 e. The number of hydrogen-bond donors (Lipinski definition) is 0. The Morgan fingerprint density at radius 2 is 1.70 bits per heavy atom. The normalized spacial score (nSPS) is 15.9. The van der Waals surface area contributed by atoms with Crippen LogP contribution in [0, 0.1) is 0 Å². The minimum absolute atomic E-state index is 0.149. The third-order valence-corrected chi connectivity index (χ3v) is 5.43. The second kappa shape index (κ2) is 7.18. The Morgan fingerprint density at radius 1 is 1.04 bits per heavy atom. The highest BCUT2D eigenvalue weighted by Crippen LogP contribution is 2.36. The fourth-order valence-corrected chi connectivity index (χ4v) is 3.58. The molecular weight excluding hydrogens is 338 g/mol. The Bertz CT molecular complexity index is 866. The van der Waals surface area contributed by atoms with Crippen LogP contribution in [0.2, 0.25) is 0 Å². The van der Waals surface area contributed by atoms with E-state index in [0.29, 0.717) is 30.2 Å². The van der Waals surface area contributed by atoms with E-state index < -0.39 is 5.41 Å². The van der Waals surface area contributed by atoms with E-state index in [1.54, 1.807) is 19.2 Å². The standard InChI is InChI=1S/C23H27NO3/c1-15(2)17-8-6-16(7-9-17)12-13-24-21(25)19-14-18(27-5)10-11-20(19)23(3,4)22(24)26/h6-11,14-15H,12-13H2,1-5H3. The Morgan fingerprint density at radius 3 is 2.30 bits per heavy atom. The van der Waals surface area contributed by atoms with E-state index in [9.17, 15) is 9.59 Å². The fourth-order valence-electron chi connectivity index (χ4n) is 3.58. The second-order valence-electron chi connectivity index (χ2n) is 7.94. The van der Waals surface area contributed by atoms with E-state index in [1.807, 2.05) is 19.9 Å². The van der Waals surface area contributed by atoms with Gasteiger partial charge in [-0.1, -0.05) is 44.2 Å². The van der Waals surface area contributed by atoms with Gasteiger partial charge in [-0.05, 0) is 55.0 Å². The van der Waals surface area contributed by atoms with E-state index in [2.05, 4.69) is 38.1 Å². The van der Waals surface area contributed by atoms with Crippen LogP contribution in [0.1, 0.15) is 60.7 Å². The Balaban J connectivity index is 1.85. The Labute approximate surface area is 161 Å². The van der Waals surface area contributed by atoms with E-state index in [-0.39, 0.29) is 11.8 Å². The molecule has 2 aromatic rings. The SMILES string of the molecule is COc1ccc2c(c1)C(=O)N(CCc1ccc(C(C)C)cc1)C(=O)C2(C)C. The van der Waals surface area contributed by atoms with Gasteiger partial charge in [0.05, 0.1) is 12.5 Å². The first kappa shape index (κ1) is 19.2. The number of hydrogen-bond acceptors (Lipinski definition) is 3. The van der Waals surface area contributed by atoms with Gasteiger partial charge < -0.3 is 4.74 Å². The molecule has 0 fully saturated rings. The highest BCUT2D eigenvalue weighted by molar-refractivity contribution is 6.13. The third-order valence-electron chi connectivity index (χ3n) is 5.43. The van der Waals surface area contributed by atoms with Gasteiger partial charge in [-0.25, -0.2) is 0 Å². The summed E-state index contributed by atoms with van der Waals surface area (Å²) in [7, 11) is 1.57. The molecule has 1 heterocycles. The highest BCUT2D eigenvalue weighted by Gasteiger charge is 2.44. The zero-order chi connectivity index (χ0) is 19.8. The van der Waals surface area contributed by atoms with Crippen molar-refractivity contribution in [2.75, 3.05) is 13.7 Å². The van der Waals surface area contributed by atoms with Gasteiger partial charge in [0.1, 0.15) is 5.75 Å². The van der Waals surface area contributed by atoms with E-state index in [1.165, 1.54) is 10.5 Å². The van der Waals surface area contributed by atoms with Crippen LogP contribution in [0.4, 0.5) is 0 Å². The number of imide groups is 1. The molecule has 0 spiro atoms. The van der Waals surface area contributed by atoms with Crippen LogP contribution in [-0.2, 0) is 16.6 Å². The summed E-state index contributed by atoms with van der Waals surface area (Å²) < 4.78 is 5.26. The quantitative estimate of drug-likeness (QED) is 0.741. The second-order valence-corrected chi connectivity index (χ2v) is 7.94. The lowest BCUT2D eigenvalue weighted by molar-refractivity contribution is -0.134. The van der Waals surface area contributed by atoms with Crippen LogP contribution in [-0.4, -0.2) is 30.4 Å². The summed E-state index contributed by atoms with van der Waals surface area (Å²) in [4.78, 5) is 27.4. The van der Waals surface area contributed by atoms with Crippen molar-refractivity contribution < 1.29 is 14.3 Å². The van der Waals surface area contributed by atoms with Crippen LogP contribution < -0.4 is 4.74 Å². The smallest absolute Gasteiger partial charge is 0.260 e. The number of carbonyl (C=O) groups excluding carboxylic acids is 2. The molecule has 0 N–H and O–H groups in total. The maximum absolute atomic E-state index is 13.0. The molecular formula is C23H27NO3. The Hall–Kier alpha value is -2.62. The molecule has 0 unspecified atom stereocenters. The largest absolute Gasteiger partial charge is 0.497 e. The van der Waals surface area contributed by atoms with E-state index in [4.69, 9.17) is 4.74 Å². The van der Waals surface area contributed by atoms with Gasteiger partial charge in [0, 0.05) is 12.1 Å². The van der Waals surface area contributed by atoms with Gasteiger partial charge in [-0.2, -0.15) is 0 Å². The van der Waals surface area contributed by atoms with Crippen molar-refractivity contribution in [3.63, 3.8) is 0 Å². The zero-order valence-electron chi connectivity index (χ0n) is 16.7. The molecule has 3 rings (SSSR count). The minimum atomic E-state index is -0.739. The first-order valence-electron chi connectivity index (χ1n) is 9.39. The molecule has 4 nitrogen and oxygen atoms in total. The summed E-state index contributed by atoms with van der Waals surface area (Å²) in [6.07, 6.45) is 0.644. The van der Waals surface area contributed by atoms with Gasteiger partial charge in [-0.3, -0.25) is 14.5 Å². The third kappa shape index (κ3) is 3.48. The van der Waals surface area contributed by atoms with Gasteiger partial charge >= 0.3 is 0 Å². The molecule has 4 heteroatoms. The lowest BCUT2D eigenvalue weighted by Gasteiger charge is -2.37. The molecule has 2 amide bonds. The fraction of sp³-hybridized carbons (Fsp3) is 0.391. The number of methoxy groups -OCH3 is 1. The van der Waals surface area contributed by atoms with Crippen molar-refractivity contribution in [1.82, 2.24) is 4.90 Å². The molecule has 0 saturated carbocycles. The van der Waals surface area contributed by atoms with Gasteiger partial charge in [0.15, 0.2) is 0 Å². The predicted octanol–water partition coefficient (Wildman–Crippen LogP) is 4.32. The van der Waals surface area contributed by atoms with Crippen LogP contribution in [0.5, 0.6) is 5.75 Å². The number of fused-ring (bicyclic) bond motifs is 1. The highest BCUT2D eigenvalue weighted by atomic mass is 16.5. The van der Waals surface area contributed by atoms with Crippen molar-refractivity contribution in [2.45, 2.75) is 45.4 Å². The van der Waals surface area contributed by atoms with Crippen LogP contribution in [0.3, 0.4) is 0 Å². The average Bonchev–Trinajstić information content (AvgIpc) is 2.66. The van der Waals surface area contributed by atoms with Crippen molar-refractivity contribution in [3.8, 4) is 5.75 Å². The number of rotatable bonds is 5. The number of ether oxygens (including phenoxy) is 1. The zero-order valence-corrected chi connectivity index (χ0v) is 16.7. The number of amides is 2. The summed E-state index contributed by atoms with van der Waals surface area (Å²) >= 11 is 0. The summed E-state index contributed by atoms with van der Waals surface area (Å²) in [6, 6.07) is 13.7. The van der Waals surface area contributed by atoms with E-state index in [0.717, 1.165) is 11.1 Å². The lowest BCUT2D eigenvalue weighted by atomic mass is 9.77. The van der Waals surface area contributed by atoms with E-state index >= 15 is 0 Å². The molecule has 142 valence electrons. The van der Waals surface area contributed by atoms with Gasteiger partial charge in [0.25, 0.3) is 5.91 Å². The topological polar surface area (TPSA) is 46.6 Å². The molecule has 0 radical (unpaired) electrons. The van der Waals surface area contributed by atoms with Gasteiger partial charge in [0.2, 0.25) is 5.91 Å². The van der Waals surface area contributed by atoms with Crippen molar-refractivity contribution >= 4 is 11.8 Å². The molecule has 1 aliphatic rings. The van der Waals surface area contributed by atoms with Crippen molar-refractivity contribution in [3.05, 3.63) is 64.7 Å². The van der Waals surface area contributed by atoms with Crippen molar-refractivity contribution in [1.29, 1.82) is 0 Å². The van der Waals surface area contributed by atoms with Crippen LogP contribution in [0.15, 0.2) is 42.5 Å². The number of nitrogens with zero attached hydrogens (tertiary/aromatic N) is 1. The molecule has 0 aliphatic carbocycles. The maximum Gasteiger partial charge on any atom is 0.260 e. The first-order chi connectivity index (χ1) is 12.8. The predicted molar refractivity (Wildman–Crippen MR) is 106 cm³/mol. The summed E-state index contributed by atoms with van der Waals surface area (Å²) in [5.41, 5.74) is 2.97. The molecule has 0 bridgehead atoms. The van der Waals surface area contributed by atoms with Crippen LogP contribution in [0.25, 0.3) is 0 Å². The molecule has 1 aliphatic heterocycles. The van der Waals surface area contributed by atoms with Gasteiger partial charge in [-0.15, -0.1) is 0 Å².